The fourth-order valence-electron chi connectivity index (χ4n) is 8.75. The van der Waals surface area contributed by atoms with Crippen LogP contribution in [0.4, 0.5) is 15.9 Å². The lowest BCUT2D eigenvalue weighted by atomic mass is 9.97. The number of amides is 4. The molecular weight excluding hydrogens is 728 g/mol. The summed E-state index contributed by atoms with van der Waals surface area (Å²) < 4.78 is 13.9. The lowest BCUT2D eigenvalue weighted by Gasteiger charge is -2.45. The Morgan fingerprint density at radius 3 is 2.49 bits per heavy atom. The minimum Gasteiger partial charge on any atom is -0.371 e. The first-order valence-electron chi connectivity index (χ1n) is 19.6. The zero-order valence-corrected chi connectivity index (χ0v) is 31.4. The Morgan fingerprint density at radius 2 is 1.68 bits per heavy atom. The van der Waals surface area contributed by atoms with E-state index in [0.717, 1.165) is 98.6 Å². The number of hydrogen-bond donors (Lipinski definition) is 3. The number of aromatic amines is 1. The van der Waals surface area contributed by atoms with E-state index < -0.39 is 29.7 Å². The van der Waals surface area contributed by atoms with E-state index >= 15 is 0 Å². The average molecular weight is 771 g/mol. The van der Waals surface area contributed by atoms with Crippen LogP contribution in [0.15, 0.2) is 72.9 Å². The number of pyridine rings is 1. The van der Waals surface area contributed by atoms with Crippen molar-refractivity contribution in [1.82, 2.24) is 35.0 Å². The first-order valence-corrected chi connectivity index (χ1v) is 19.6. The number of piperidine rings is 1. The first-order chi connectivity index (χ1) is 27.7. The van der Waals surface area contributed by atoms with Crippen LogP contribution in [0.25, 0.3) is 17.5 Å². The summed E-state index contributed by atoms with van der Waals surface area (Å²) in [6.07, 6.45) is 7.35. The van der Waals surface area contributed by atoms with Gasteiger partial charge in [-0.1, -0.05) is 18.2 Å². The highest BCUT2D eigenvalue weighted by atomic mass is 19.1. The summed E-state index contributed by atoms with van der Waals surface area (Å²) in [4.78, 5) is 73.2. The quantitative estimate of drug-likeness (QED) is 0.128. The minimum atomic E-state index is -0.974. The SMILES string of the molecule is N=C(/C=C\c1ncc(-c2cccc(N3CCN(CC4CN(c5ccc6c(c5)C(=O)N(C5CCC(=O)NC5=O)C6=O)C4)CC3)n2)[nH]1)N1CCC[C@@H]1c1cccc(F)c1. The molecule has 0 radical (unpaired) electrons. The summed E-state index contributed by atoms with van der Waals surface area (Å²) in [7, 11) is 0. The molecule has 1 unspecified atom stereocenters. The number of hydrogen-bond acceptors (Lipinski definition) is 10. The Bertz CT molecular complexity index is 2290. The van der Waals surface area contributed by atoms with E-state index in [9.17, 15) is 23.6 Å². The second-order valence-electron chi connectivity index (χ2n) is 15.4. The van der Waals surface area contributed by atoms with Crippen LogP contribution in [0.2, 0.25) is 0 Å². The average Bonchev–Trinajstić information content (AvgIpc) is 3.95. The monoisotopic (exact) mass is 770 g/mol. The summed E-state index contributed by atoms with van der Waals surface area (Å²) in [5.74, 6) is 0.131. The predicted octanol–water partition coefficient (Wildman–Crippen LogP) is 4.10. The molecule has 4 aromatic rings. The lowest BCUT2D eigenvalue weighted by Crippen LogP contribution is -2.55. The molecule has 292 valence electrons. The highest BCUT2D eigenvalue weighted by Gasteiger charge is 2.45. The molecule has 5 aliphatic rings. The number of likely N-dealkylation sites (tertiary alicyclic amines) is 1. The van der Waals surface area contributed by atoms with Crippen molar-refractivity contribution < 1.29 is 23.6 Å². The smallest absolute Gasteiger partial charge is 0.262 e. The third-order valence-corrected chi connectivity index (χ3v) is 11.8. The van der Waals surface area contributed by atoms with Crippen LogP contribution in [-0.4, -0.2) is 118 Å². The van der Waals surface area contributed by atoms with Crippen LogP contribution >= 0.6 is 0 Å². The van der Waals surface area contributed by atoms with Gasteiger partial charge in [-0.05, 0) is 79.4 Å². The second kappa shape index (κ2) is 15.0. The van der Waals surface area contributed by atoms with Gasteiger partial charge in [0.05, 0.1) is 34.8 Å². The zero-order valence-electron chi connectivity index (χ0n) is 31.4. The van der Waals surface area contributed by atoms with E-state index in [2.05, 4.69) is 30.0 Å². The van der Waals surface area contributed by atoms with Crippen LogP contribution in [0.3, 0.4) is 0 Å². The van der Waals surface area contributed by atoms with Gasteiger partial charge in [0.25, 0.3) is 11.8 Å². The number of H-pyrrole nitrogens is 1. The van der Waals surface area contributed by atoms with E-state index in [1.54, 1.807) is 42.6 Å². The van der Waals surface area contributed by atoms with Crippen LogP contribution in [0.5, 0.6) is 0 Å². The van der Waals surface area contributed by atoms with E-state index in [0.29, 0.717) is 28.7 Å². The third-order valence-electron chi connectivity index (χ3n) is 11.8. The van der Waals surface area contributed by atoms with E-state index in [1.165, 1.54) is 6.07 Å². The maximum Gasteiger partial charge on any atom is 0.262 e. The molecule has 4 amide bonds. The Labute approximate surface area is 328 Å². The van der Waals surface area contributed by atoms with Crippen molar-refractivity contribution in [2.45, 2.75) is 37.8 Å². The van der Waals surface area contributed by atoms with Gasteiger partial charge in [0.2, 0.25) is 11.8 Å². The number of nitrogens with zero attached hydrogens (tertiary/aromatic N) is 7. The number of imide groups is 2. The Hall–Kier alpha value is -6.22. The third kappa shape index (κ3) is 7.18. The molecule has 15 heteroatoms. The number of nitrogens with one attached hydrogen (secondary N) is 3. The van der Waals surface area contributed by atoms with Crippen molar-refractivity contribution in [2.24, 2.45) is 5.92 Å². The normalized spacial score (nSPS) is 21.8. The molecule has 4 saturated heterocycles. The van der Waals surface area contributed by atoms with E-state index in [4.69, 9.17) is 10.4 Å². The van der Waals surface area contributed by atoms with Gasteiger partial charge < -0.3 is 19.7 Å². The highest BCUT2D eigenvalue weighted by Crippen LogP contribution is 2.34. The van der Waals surface area contributed by atoms with Crippen molar-refractivity contribution in [2.75, 3.05) is 62.2 Å². The summed E-state index contributed by atoms with van der Waals surface area (Å²) in [5, 5.41) is 10.9. The van der Waals surface area contributed by atoms with Gasteiger partial charge in [-0.2, -0.15) is 0 Å². The number of benzene rings is 2. The molecule has 0 spiro atoms. The fourth-order valence-corrected chi connectivity index (χ4v) is 8.75. The number of imidazole rings is 1. The molecular formula is C42H43FN10O4. The number of halogens is 1. The Balaban J connectivity index is 0.754. The molecule has 4 fully saturated rings. The minimum absolute atomic E-state index is 0.0171. The van der Waals surface area contributed by atoms with Crippen LogP contribution < -0.4 is 15.1 Å². The van der Waals surface area contributed by atoms with Gasteiger partial charge in [-0.15, -0.1) is 0 Å². The molecule has 2 aromatic carbocycles. The molecule has 7 heterocycles. The van der Waals surface area contributed by atoms with Gasteiger partial charge in [-0.25, -0.2) is 14.4 Å². The number of fused-ring (bicyclic) bond motifs is 1. The lowest BCUT2D eigenvalue weighted by molar-refractivity contribution is -0.136. The first kappa shape index (κ1) is 36.4. The summed E-state index contributed by atoms with van der Waals surface area (Å²) in [6.45, 7) is 6.93. The van der Waals surface area contributed by atoms with E-state index in [-0.39, 0.29) is 24.7 Å². The standard InChI is InChI=1S/C42H43FN10O4/c43-28-5-1-4-27(20-28)34-7-3-15-52(34)36(44)12-13-37-45-22-33(46-37)32-6-2-8-38(47-32)50-18-16-49(17-19-50)23-26-24-51(25-26)29-9-10-30-31(21-29)42(57)53(41(30)56)35-11-14-39(54)48-40(35)55/h1-2,4-6,8-10,12-13,20-22,26,34-35,44H,3,7,11,14-19,23-25H2,(H,45,46)(H,48,54,55)/b13-12-,44-36?/t34-,35?/m1/s1. The van der Waals surface area contributed by atoms with Crippen molar-refractivity contribution in [3.8, 4) is 11.4 Å². The molecule has 14 nitrogen and oxygen atoms in total. The fraction of sp³-hybridized carbons (Fsp3) is 0.357. The second-order valence-corrected chi connectivity index (χ2v) is 15.4. The molecule has 0 saturated carbocycles. The van der Waals surface area contributed by atoms with Gasteiger partial charge in [-0.3, -0.25) is 39.7 Å². The van der Waals surface area contributed by atoms with Gasteiger partial charge in [0, 0.05) is 70.4 Å². The maximum absolute atomic E-state index is 13.9. The van der Waals surface area contributed by atoms with Gasteiger partial charge >= 0.3 is 0 Å². The summed E-state index contributed by atoms with van der Waals surface area (Å²) in [6, 6.07) is 16.9. The summed E-state index contributed by atoms with van der Waals surface area (Å²) in [5.41, 5.74) is 3.95. The number of aromatic nitrogens is 3. The van der Waals surface area contributed by atoms with E-state index in [1.807, 2.05) is 35.2 Å². The molecule has 57 heavy (non-hydrogen) atoms. The maximum atomic E-state index is 13.9. The molecule has 2 aromatic heterocycles. The molecule has 9 rings (SSSR count). The van der Waals surface area contributed by atoms with Crippen molar-refractivity contribution in [3.63, 3.8) is 0 Å². The number of piperazine rings is 1. The number of rotatable bonds is 9. The molecule has 2 atom stereocenters. The molecule has 5 aliphatic heterocycles. The van der Waals surface area contributed by atoms with Crippen LogP contribution in [-0.2, 0) is 9.59 Å². The highest BCUT2D eigenvalue weighted by molar-refractivity contribution is 6.23. The predicted molar refractivity (Wildman–Crippen MR) is 211 cm³/mol. The number of carbonyl (C=O) groups excluding carboxylic acids is 4. The number of amidine groups is 1. The van der Waals surface area contributed by atoms with Crippen molar-refractivity contribution in [1.29, 1.82) is 5.41 Å². The van der Waals surface area contributed by atoms with Gasteiger partial charge in [0.1, 0.15) is 29.3 Å². The van der Waals surface area contributed by atoms with Crippen molar-refractivity contribution in [3.05, 3.63) is 101 Å². The zero-order chi connectivity index (χ0) is 39.2. The van der Waals surface area contributed by atoms with Gasteiger partial charge in [0.15, 0.2) is 0 Å². The summed E-state index contributed by atoms with van der Waals surface area (Å²) >= 11 is 0. The van der Waals surface area contributed by atoms with Crippen molar-refractivity contribution >= 4 is 47.0 Å². The van der Waals surface area contributed by atoms with Crippen LogP contribution in [0, 0.1) is 17.1 Å². The molecule has 3 N–H and O–H groups in total. The topological polar surface area (TPSA) is 162 Å². The number of carbonyl (C=O) groups is 4. The largest absolute Gasteiger partial charge is 0.371 e. The molecule has 0 bridgehead atoms. The Morgan fingerprint density at radius 1 is 0.877 bits per heavy atom. The van der Waals surface area contributed by atoms with Crippen LogP contribution in [0.1, 0.15) is 63.8 Å². The molecule has 0 aliphatic carbocycles. The number of anilines is 2. The Kier molecular flexibility index (Phi) is 9.60.